The minimum Gasteiger partial charge on any atom is -0.423 e. The van der Waals surface area contributed by atoms with Gasteiger partial charge in [-0.2, -0.15) is 4.98 Å². The van der Waals surface area contributed by atoms with Gasteiger partial charge in [0, 0.05) is 13.1 Å². The molecule has 0 saturated carbocycles. The van der Waals surface area contributed by atoms with Crippen molar-refractivity contribution in [2.24, 2.45) is 5.73 Å². The van der Waals surface area contributed by atoms with Crippen molar-refractivity contribution in [3.63, 3.8) is 0 Å². The second kappa shape index (κ2) is 4.33. The number of hydrogen-bond donors (Lipinski definition) is 1. The number of nitrogens with two attached hydrogens (primary N) is 1. The van der Waals surface area contributed by atoms with Gasteiger partial charge in [0.1, 0.15) is 5.52 Å². The quantitative estimate of drug-likeness (QED) is 0.873. The Bertz CT molecular complexity index is 585. The number of anilines is 1. The van der Waals surface area contributed by atoms with Gasteiger partial charge in [-0.3, -0.25) is 4.79 Å². The number of rotatable bonds is 2. The van der Waals surface area contributed by atoms with Crippen LogP contribution < -0.4 is 10.6 Å². The van der Waals surface area contributed by atoms with Crippen molar-refractivity contribution in [1.82, 2.24) is 4.98 Å². The predicted octanol–water partition coefficient (Wildman–Crippen LogP) is 1.72. The lowest BCUT2D eigenvalue weighted by Crippen LogP contribution is -2.29. The van der Waals surface area contributed by atoms with Gasteiger partial charge in [0.05, 0.1) is 5.56 Å². The molecule has 1 fully saturated rings. The summed E-state index contributed by atoms with van der Waals surface area (Å²) >= 11 is 0. The number of primary amides is 1. The number of amides is 1. The fourth-order valence-electron chi connectivity index (χ4n) is 2.29. The minimum atomic E-state index is -0.529. The largest absolute Gasteiger partial charge is 0.423 e. The maximum absolute atomic E-state index is 11.3. The summed E-state index contributed by atoms with van der Waals surface area (Å²) in [5, 5.41) is 0. The predicted molar refractivity (Wildman–Crippen MR) is 67.4 cm³/mol. The third kappa shape index (κ3) is 1.81. The van der Waals surface area contributed by atoms with Crippen molar-refractivity contribution < 1.29 is 9.21 Å². The van der Waals surface area contributed by atoms with Gasteiger partial charge >= 0.3 is 0 Å². The van der Waals surface area contributed by atoms with Crippen LogP contribution >= 0.6 is 0 Å². The van der Waals surface area contributed by atoms with E-state index >= 15 is 0 Å². The zero-order valence-corrected chi connectivity index (χ0v) is 9.98. The number of carbonyl (C=O) groups is 1. The molecule has 1 aliphatic rings. The third-order valence-corrected chi connectivity index (χ3v) is 3.21. The second-order valence-corrected chi connectivity index (χ2v) is 4.47. The van der Waals surface area contributed by atoms with Crippen molar-refractivity contribution in [3.8, 4) is 0 Å². The first-order valence-electron chi connectivity index (χ1n) is 6.12. The fraction of sp³-hybridized carbons (Fsp3) is 0.385. The molecule has 2 aromatic rings. The van der Waals surface area contributed by atoms with Crippen LogP contribution in [0.15, 0.2) is 16.5 Å². The highest BCUT2D eigenvalue weighted by Gasteiger charge is 2.19. The number of hydrogen-bond acceptors (Lipinski definition) is 4. The van der Waals surface area contributed by atoms with Crippen LogP contribution in [-0.4, -0.2) is 24.0 Å². The summed E-state index contributed by atoms with van der Waals surface area (Å²) in [6, 6.07) is 6.77. The van der Waals surface area contributed by atoms with Crippen molar-refractivity contribution >= 4 is 23.0 Å². The molecule has 3 rings (SSSR count). The van der Waals surface area contributed by atoms with Crippen LogP contribution in [0.3, 0.4) is 0 Å². The Balaban J connectivity index is 2.04. The molecule has 1 radical (unpaired) electrons. The molecule has 1 aliphatic heterocycles. The van der Waals surface area contributed by atoms with E-state index in [2.05, 4.69) is 16.0 Å². The summed E-state index contributed by atoms with van der Waals surface area (Å²) in [6.45, 7) is 1.89. The van der Waals surface area contributed by atoms with Crippen LogP contribution in [0.2, 0.25) is 0 Å². The van der Waals surface area contributed by atoms with Crippen LogP contribution in [-0.2, 0) is 0 Å². The van der Waals surface area contributed by atoms with Gasteiger partial charge in [-0.25, -0.2) is 0 Å². The van der Waals surface area contributed by atoms with Crippen molar-refractivity contribution in [1.29, 1.82) is 0 Å². The molecule has 5 nitrogen and oxygen atoms in total. The Hall–Kier alpha value is -2.04. The van der Waals surface area contributed by atoms with Crippen LogP contribution in [0, 0.1) is 6.07 Å². The Morgan fingerprint density at radius 2 is 2.17 bits per heavy atom. The Labute approximate surface area is 105 Å². The summed E-state index contributed by atoms with van der Waals surface area (Å²) in [7, 11) is 0. The van der Waals surface area contributed by atoms with Crippen LogP contribution in [0.4, 0.5) is 6.01 Å². The van der Waals surface area contributed by atoms with Gasteiger partial charge < -0.3 is 15.1 Å². The minimum absolute atomic E-state index is 0.291. The van der Waals surface area contributed by atoms with E-state index in [0.717, 1.165) is 25.9 Å². The van der Waals surface area contributed by atoms with Gasteiger partial charge in [0.2, 0.25) is 0 Å². The van der Waals surface area contributed by atoms with E-state index in [-0.39, 0.29) is 0 Å². The van der Waals surface area contributed by atoms with Crippen molar-refractivity contribution in [2.75, 3.05) is 18.0 Å². The van der Waals surface area contributed by atoms with Gasteiger partial charge in [0.25, 0.3) is 11.9 Å². The first-order chi connectivity index (χ1) is 8.75. The first-order valence-corrected chi connectivity index (χ1v) is 6.12. The van der Waals surface area contributed by atoms with Crippen molar-refractivity contribution in [3.05, 3.63) is 23.8 Å². The lowest BCUT2D eigenvalue weighted by Gasteiger charge is -2.24. The van der Waals surface area contributed by atoms with Crippen LogP contribution in [0.1, 0.15) is 29.6 Å². The summed E-state index contributed by atoms with van der Waals surface area (Å²) in [5.74, 6) is -0.529. The number of oxazole rings is 1. The van der Waals surface area contributed by atoms with E-state index in [1.807, 2.05) is 0 Å². The summed E-state index contributed by atoms with van der Waals surface area (Å²) in [6.07, 6.45) is 3.54. The monoisotopic (exact) mass is 244 g/mol. The van der Waals surface area contributed by atoms with E-state index in [9.17, 15) is 4.79 Å². The zero-order chi connectivity index (χ0) is 12.5. The molecular formula is C13H14N3O2. The molecule has 0 atom stereocenters. The number of aromatic nitrogens is 1. The topological polar surface area (TPSA) is 72.4 Å². The smallest absolute Gasteiger partial charge is 0.298 e. The molecule has 5 heteroatoms. The molecule has 0 bridgehead atoms. The van der Waals surface area contributed by atoms with E-state index in [0.29, 0.717) is 22.7 Å². The van der Waals surface area contributed by atoms with Crippen molar-refractivity contribution in [2.45, 2.75) is 19.3 Å². The zero-order valence-electron chi connectivity index (χ0n) is 9.98. The Morgan fingerprint density at radius 1 is 1.39 bits per heavy atom. The van der Waals surface area contributed by atoms with E-state index in [1.54, 1.807) is 12.1 Å². The highest BCUT2D eigenvalue weighted by molar-refractivity contribution is 6.03. The number of benzene rings is 1. The number of piperidine rings is 1. The Morgan fingerprint density at radius 3 is 2.89 bits per heavy atom. The van der Waals surface area contributed by atoms with Crippen LogP contribution in [0.5, 0.6) is 0 Å². The van der Waals surface area contributed by atoms with Gasteiger partial charge in [-0.05, 0) is 37.5 Å². The molecule has 1 saturated heterocycles. The number of carbonyl (C=O) groups excluding carboxylic acids is 1. The fourth-order valence-corrected chi connectivity index (χ4v) is 2.29. The molecule has 2 N–H and O–H groups in total. The highest BCUT2D eigenvalue weighted by atomic mass is 16.4. The molecule has 0 unspecified atom stereocenters. The normalized spacial score (nSPS) is 16.1. The number of fused-ring (bicyclic) bond motifs is 1. The van der Waals surface area contributed by atoms with Crippen LogP contribution in [0.25, 0.3) is 11.1 Å². The van der Waals surface area contributed by atoms with Gasteiger partial charge in [-0.1, -0.05) is 0 Å². The molecule has 0 aliphatic carbocycles. The molecular weight excluding hydrogens is 230 g/mol. The van der Waals surface area contributed by atoms with E-state index in [1.165, 1.54) is 6.42 Å². The molecule has 18 heavy (non-hydrogen) atoms. The molecule has 1 amide bonds. The Kier molecular flexibility index (Phi) is 2.66. The molecule has 0 spiro atoms. The van der Waals surface area contributed by atoms with Gasteiger partial charge in [-0.15, -0.1) is 0 Å². The van der Waals surface area contributed by atoms with E-state index < -0.39 is 5.91 Å². The SMILES string of the molecule is NC(=O)c1[c]ccc2oc(N3CCCCC3)nc12. The maximum atomic E-state index is 11.3. The molecule has 2 heterocycles. The second-order valence-electron chi connectivity index (χ2n) is 4.47. The first kappa shape index (κ1) is 11.1. The highest BCUT2D eigenvalue weighted by Crippen LogP contribution is 2.26. The van der Waals surface area contributed by atoms with E-state index in [4.69, 9.17) is 10.2 Å². The molecule has 93 valence electrons. The average Bonchev–Trinajstić information content (AvgIpc) is 2.83. The lowest BCUT2D eigenvalue weighted by molar-refractivity contribution is 0.100. The average molecular weight is 244 g/mol. The molecule has 1 aromatic heterocycles. The summed E-state index contributed by atoms with van der Waals surface area (Å²) < 4.78 is 5.69. The number of nitrogens with zero attached hydrogens (tertiary/aromatic N) is 2. The maximum Gasteiger partial charge on any atom is 0.298 e. The lowest BCUT2D eigenvalue weighted by atomic mass is 10.1. The summed E-state index contributed by atoms with van der Waals surface area (Å²) in [5.41, 5.74) is 6.68. The standard InChI is InChI=1S/C13H14N3O2/c14-12(17)9-5-4-6-10-11(9)15-13(18-10)16-7-2-1-3-8-16/h4,6H,1-3,7-8H2,(H2,14,17). The molecule has 1 aromatic carbocycles. The third-order valence-electron chi connectivity index (χ3n) is 3.21. The summed E-state index contributed by atoms with van der Waals surface area (Å²) in [4.78, 5) is 17.8. The van der Waals surface area contributed by atoms with Gasteiger partial charge in [0.15, 0.2) is 5.58 Å².